The fourth-order valence-electron chi connectivity index (χ4n) is 2.22. The van der Waals surface area contributed by atoms with Crippen molar-refractivity contribution in [3.05, 3.63) is 23.5 Å². The van der Waals surface area contributed by atoms with E-state index in [-0.39, 0.29) is 18.4 Å². The highest BCUT2D eigenvalue weighted by molar-refractivity contribution is 6.30. The molecule has 2 amide bonds. The molecule has 1 aromatic heterocycles. The highest BCUT2D eigenvalue weighted by Crippen LogP contribution is 2.17. The minimum Gasteiger partial charge on any atom is -0.482 e. The van der Waals surface area contributed by atoms with E-state index in [1.54, 1.807) is 11.0 Å². The summed E-state index contributed by atoms with van der Waals surface area (Å²) in [6.07, 6.45) is 3.91. The summed E-state index contributed by atoms with van der Waals surface area (Å²) in [5.74, 6) is 0.674. The number of nitrogens with zero attached hydrogens (tertiary/aromatic N) is 2. The summed E-state index contributed by atoms with van der Waals surface area (Å²) >= 11 is 5.79. The van der Waals surface area contributed by atoms with E-state index in [0.29, 0.717) is 36.3 Å². The van der Waals surface area contributed by atoms with Gasteiger partial charge in [-0.05, 0) is 12.3 Å². The van der Waals surface area contributed by atoms with Crippen LogP contribution in [0.3, 0.4) is 0 Å². The molecule has 2 heterocycles. The zero-order chi connectivity index (χ0) is 15.2. The van der Waals surface area contributed by atoms with Crippen molar-refractivity contribution in [1.29, 1.82) is 0 Å². The van der Waals surface area contributed by atoms with E-state index in [0.717, 1.165) is 6.42 Å². The minimum atomic E-state index is -0.0692. The van der Waals surface area contributed by atoms with Crippen LogP contribution in [0.5, 0.6) is 5.75 Å². The Bertz CT molecular complexity index is 524. The first-order chi connectivity index (χ1) is 10.0. The van der Waals surface area contributed by atoms with Gasteiger partial charge in [0, 0.05) is 38.8 Å². The molecule has 21 heavy (non-hydrogen) atoms. The van der Waals surface area contributed by atoms with Gasteiger partial charge in [0.05, 0.1) is 11.2 Å². The molecule has 1 fully saturated rings. The van der Waals surface area contributed by atoms with Crippen molar-refractivity contribution < 1.29 is 14.3 Å². The predicted molar refractivity (Wildman–Crippen MR) is 78.1 cm³/mol. The standard InChI is InChI=1S/C14H18ClN3O3/c1-10(19)17-5-11-2-3-18(8-11)14(20)9-21-13-4-12(15)6-16-7-13/h4,6-7,11H,2-3,5,8-9H2,1H3,(H,17,19). The zero-order valence-corrected chi connectivity index (χ0v) is 12.6. The number of nitrogens with one attached hydrogen (secondary N) is 1. The van der Waals surface area contributed by atoms with E-state index in [9.17, 15) is 9.59 Å². The second-order valence-electron chi connectivity index (χ2n) is 5.06. The quantitative estimate of drug-likeness (QED) is 0.884. The van der Waals surface area contributed by atoms with E-state index in [4.69, 9.17) is 16.3 Å². The van der Waals surface area contributed by atoms with Crippen LogP contribution >= 0.6 is 11.6 Å². The number of halogens is 1. The van der Waals surface area contributed by atoms with Crippen LogP contribution in [-0.4, -0.2) is 47.9 Å². The van der Waals surface area contributed by atoms with Gasteiger partial charge in [-0.25, -0.2) is 0 Å². The Balaban J connectivity index is 1.75. The summed E-state index contributed by atoms with van der Waals surface area (Å²) in [6, 6.07) is 1.62. The second kappa shape index (κ2) is 7.26. The second-order valence-corrected chi connectivity index (χ2v) is 5.50. The molecular weight excluding hydrogens is 294 g/mol. The van der Waals surface area contributed by atoms with Crippen molar-refractivity contribution in [2.24, 2.45) is 5.92 Å². The molecule has 0 spiro atoms. The molecule has 1 aliphatic heterocycles. The molecule has 7 heteroatoms. The van der Waals surface area contributed by atoms with Crippen LogP contribution in [-0.2, 0) is 9.59 Å². The van der Waals surface area contributed by atoms with Gasteiger partial charge in [0.25, 0.3) is 5.91 Å². The van der Waals surface area contributed by atoms with Gasteiger partial charge in [-0.1, -0.05) is 11.6 Å². The number of carbonyl (C=O) groups is 2. The Kier molecular flexibility index (Phi) is 5.38. The molecule has 1 N–H and O–H groups in total. The Morgan fingerprint density at radius 2 is 2.33 bits per heavy atom. The van der Waals surface area contributed by atoms with E-state index in [1.807, 2.05) is 0 Å². The number of amides is 2. The fraction of sp³-hybridized carbons (Fsp3) is 0.500. The third-order valence-corrected chi connectivity index (χ3v) is 3.53. The highest BCUT2D eigenvalue weighted by Gasteiger charge is 2.26. The largest absolute Gasteiger partial charge is 0.482 e. The van der Waals surface area contributed by atoms with E-state index >= 15 is 0 Å². The normalized spacial score (nSPS) is 17.6. The van der Waals surface area contributed by atoms with Crippen molar-refractivity contribution in [3.63, 3.8) is 0 Å². The molecule has 1 atom stereocenters. The third-order valence-electron chi connectivity index (χ3n) is 3.32. The monoisotopic (exact) mass is 311 g/mol. The Morgan fingerprint density at radius 3 is 3.05 bits per heavy atom. The summed E-state index contributed by atoms with van der Waals surface area (Å²) in [5.41, 5.74) is 0. The first kappa shape index (κ1) is 15.6. The average Bonchev–Trinajstić information content (AvgIpc) is 2.91. The topological polar surface area (TPSA) is 71.5 Å². The van der Waals surface area contributed by atoms with Crippen LogP contribution in [0.15, 0.2) is 18.5 Å². The molecule has 1 aromatic rings. The van der Waals surface area contributed by atoms with Gasteiger partial charge in [0.1, 0.15) is 5.75 Å². The number of carbonyl (C=O) groups excluding carboxylic acids is 2. The van der Waals surface area contributed by atoms with Gasteiger partial charge >= 0.3 is 0 Å². The summed E-state index contributed by atoms with van der Waals surface area (Å²) in [5, 5.41) is 3.25. The maximum atomic E-state index is 12.0. The lowest BCUT2D eigenvalue weighted by atomic mass is 10.1. The number of pyridine rings is 1. The van der Waals surface area contributed by atoms with Gasteiger partial charge in [0.15, 0.2) is 6.61 Å². The van der Waals surface area contributed by atoms with E-state index in [2.05, 4.69) is 10.3 Å². The molecule has 0 aliphatic carbocycles. The molecule has 1 aliphatic rings. The Morgan fingerprint density at radius 1 is 1.52 bits per heavy atom. The fourth-order valence-corrected chi connectivity index (χ4v) is 2.39. The zero-order valence-electron chi connectivity index (χ0n) is 11.8. The SMILES string of the molecule is CC(=O)NCC1CCN(C(=O)COc2cncc(Cl)c2)C1. The first-order valence-electron chi connectivity index (χ1n) is 6.80. The van der Waals surface area contributed by atoms with Gasteiger partial charge in [-0.3, -0.25) is 14.6 Å². The maximum Gasteiger partial charge on any atom is 0.260 e. The van der Waals surface area contributed by atoms with Crippen molar-refractivity contribution in [2.75, 3.05) is 26.2 Å². The lowest BCUT2D eigenvalue weighted by Gasteiger charge is -2.17. The average molecular weight is 312 g/mol. The molecule has 0 radical (unpaired) electrons. The van der Waals surface area contributed by atoms with Crippen molar-refractivity contribution in [2.45, 2.75) is 13.3 Å². The van der Waals surface area contributed by atoms with Crippen LogP contribution in [0.25, 0.3) is 0 Å². The van der Waals surface area contributed by atoms with Gasteiger partial charge in [0.2, 0.25) is 5.91 Å². The van der Waals surface area contributed by atoms with Gasteiger partial charge in [-0.15, -0.1) is 0 Å². The molecule has 114 valence electrons. The smallest absolute Gasteiger partial charge is 0.260 e. The van der Waals surface area contributed by atoms with Gasteiger partial charge < -0.3 is 15.0 Å². The molecule has 0 bridgehead atoms. The number of ether oxygens (including phenoxy) is 1. The molecule has 2 rings (SSSR count). The Hall–Kier alpha value is -1.82. The Labute approximate surface area is 128 Å². The number of likely N-dealkylation sites (tertiary alicyclic amines) is 1. The molecular formula is C14H18ClN3O3. The lowest BCUT2D eigenvalue weighted by molar-refractivity contribution is -0.132. The molecule has 0 aromatic carbocycles. The molecule has 6 nitrogen and oxygen atoms in total. The van der Waals surface area contributed by atoms with Gasteiger partial charge in [-0.2, -0.15) is 0 Å². The molecule has 1 saturated heterocycles. The number of hydrogen-bond acceptors (Lipinski definition) is 4. The third kappa shape index (κ3) is 4.90. The summed E-state index contributed by atoms with van der Waals surface area (Å²) in [4.78, 5) is 28.6. The summed E-state index contributed by atoms with van der Waals surface area (Å²) in [7, 11) is 0. The summed E-state index contributed by atoms with van der Waals surface area (Å²) < 4.78 is 5.39. The van der Waals surface area contributed by atoms with Crippen LogP contribution in [0.1, 0.15) is 13.3 Å². The van der Waals surface area contributed by atoms with Crippen LogP contribution in [0, 0.1) is 5.92 Å². The lowest BCUT2D eigenvalue weighted by Crippen LogP contribution is -2.34. The van der Waals surface area contributed by atoms with Crippen molar-refractivity contribution >= 4 is 23.4 Å². The van der Waals surface area contributed by atoms with Crippen LogP contribution in [0.4, 0.5) is 0 Å². The van der Waals surface area contributed by atoms with E-state index < -0.39 is 0 Å². The maximum absolute atomic E-state index is 12.0. The van der Waals surface area contributed by atoms with E-state index in [1.165, 1.54) is 19.3 Å². The number of aromatic nitrogens is 1. The van der Waals surface area contributed by atoms with Crippen molar-refractivity contribution in [3.8, 4) is 5.75 Å². The molecule has 0 saturated carbocycles. The highest BCUT2D eigenvalue weighted by atomic mass is 35.5. The molecule has 1 unspecified atom stereocenters. The van der Waals surface area contributed by atoms with Crippen LogP contribution < -0.4 is 10.1 Å². The predicted octanol–water partition coefficient (Wildman–Crippen LogP) is 1.10. The minimum absolute atomic E-state index is 0.0329. The first-order valence-corrected chi connectivity index (χ1v) is 7.18. The summed E-state index contributed by atoms with van der Waals surface area (Å²) in [6.45, 7) is 3.41. The number of rotatable bonds is 5. The van der Waals surface area contributed by atoms with Crippen molar-refractivity contribution in [1.82, 2.24) is 15.2 Å². The number of hydrogen-bond donors (Lipinski definition) is 1. The van der Waals surface area contributed by atoms with Crippen LogP contribution in [0.2, 0.25) is 5.02 Å².